The van der Waals surface area contributed by atoms with Gasteiger partial charge in [0.15, 0.2) is 0 Å². The van der Waals surface area contributed by atoms with Crippen LogP contribution in [0, 0.1) is 0 Å². The number of nitrogens with one attached hydrogen (secondary N) is 1. The van der Waals surface area contributed by atoms with Gasteiger partial charge in [-0.2, -0.15) is 0 Å². The van der Waals surface area contributed by atoms with E-state index in [-0.39, 0.29) is 18.0 Å². The maximum Gasteiger partial charge on any atom is 0.0626 e. The fraction of sp³-hybridized carbons (Fsp3) is 1.00. The van der Waals surface area contributed by atoms with Gasteiger partial charge in [0.25, 0.3) is 0 Å². The second-order valence-electron chi connectivity index (χ2n) is 4.22. The zero-order valence-corrected chi connectivity index (χ0v) is 9.04. The fourth-order valence-corrected chi connectivity index (χ4v) is 1.25. The molecular weight excluding hydrogens is 174 g/mol. The lowest BCUT2D eigenvalue weighted by atomic mass is 10.2. The summed E-state index contributed by atoms with van der Waals surface area (Å²) in [7, 11) is 0. The van der Waals surface area contributed by atoms with Gasteiger partial charge in [0.2, 0.25) is 0 Å². The Labute approximate surface area is 81.5 Å². The van der Waals surface area contributed by atoms with E-state index in [0.29, 0.717) is 6.04 Å². The van der Waals surface area contributed by atoms with Crippen molar-refractivity contribution < 1.29 is 4.74 Å². The van der Waals surface area contributed by atoms with Crippen molar-refractivity contribution in [2.75, 3.05) is 13.2 Å². The van der Waals surface area contributed by atoms with Crippen molar-refractivity contribution in [1.29, 1.82) is 0 Å². The summed E-state index contributed by atoms with van der Waals surface area (Å²) in [6.45, 7) is 8.33. The van der Waals surface area contributed by atoms with E-state index in [1.807, 2.05) is 0 Å². The van der Waals surface area contributed by atoms with Gasteiger partial charge in [0.05, 0.1) is 12.2 Å². The van der Waals surface area contributed by atoms with Crippen LogP contribution in [0.1, 0.15) is 33.6 Å². The Hall–Kier alpha value is 0.210. The van der Waals surface area contributed by atoms with Crippen LogP contribution in [0.4, 0.5) is 0 Å². The van der Waals surface area contributed by atoms with E-state index >= 15 is 0 Å². The molecule has 0 radical (unpaired) electrons. The highest BCUT2D eigenvalue weighted by Crippen LogP contribution is 2.11. The Kier molecular flexibility index (Phi) is 5.14. The molecule has 1 atom stereocenters. The van der Waals surface area contributed by atoms with Crippen molar-refractivity contribution in [2.24, 2.45) is 0 Å². The highest BCUT2D eigenvalue weighted by Gasteiger charge is 2.17. The van der Waals surface area contributed by atoms with Gasteiger partial charge in [-0.1, -0.05) is 0 Å². The third kappa shape index (κ3) is 4.96. The molecule has 1 fully saturated rings. The first-order valence-corrected chi connectivity index (χ1v) is 4.45. The SMILES string of the molecule is CC(C)(C)OC[C@H]1CCCN1.Cl. The predicted molar refractivity (Wildman–Crippen MR) is 54.0 cm³/mol. The molecule has 1 saturated heterocycles. The van der Waals surface area contributed by atoms with Gasteiger partial charge < -0.3 is 10.1 Å². The molecule has 1 aliphatic heterocycles. The van der Waals surface area contributed by atoms with Crippen molar-refractivity contribution in [3.63, 3.8) is 0 Å². The summed E-state index contributed by atoms with van der Waals surface area (Å²) in [4.78, 5) is 0. The predicted octanol–water partition coefficient (Wildman–Crippen LogP) is 1.98. The third-order valence-electron chi connectivity index (χ3n) is 1.88. The minimum absolute atomic E-state index is 0. The summed E-state index contributed by atoms with van der Waals surface area (Å²) in [5.41, 5.74) is 0.0181. The lowest BCUT2D eigenvalue weighted by Gasteiger charge is -2.22. The summed E-state index contributed by atoms with van der Waals surface area (Å²) in [6.07, 6.45) is 2.58. The smallest absolute Gasteiger partial charge is 0.0626 e. The maximum atomic E-state index is 5.65. The topological polar surface area (TPSA) is 21.3 Å². The van der Waals surface area contributed by atoms with Crippen LogP contribution in [0.2, 0.25) is 0 Å². The van der Waals surface area contributed by atoms with Crippen LogP contribution in [0.15, 0.2) is 0 Å². The second-order valence-corrected chi connectivity index (χ2v) is 4.22. The summed E-state index contributed by atoms with van der Waals surface area (Å²) < 4.78 is 5.65. The van der Waals surface area contributed by atoms with Crippen molar-refractivity contribution in [3.8, 4) is 0 Å². The fourth-order valence-electron chi connectivity index (χ4n) is 1.25. The Morgan fingerprint density at radius 2 is 2.08 bits per heavy atom. The zero-order chi connectivity index (χ0) is 8.32. The van der Waals surface area contributed by atoms with Crippen LogP contribution in [0.3, 0.4) is 0 Å². The largest absolute Gasteiger partial charge is 0.374 e. The number of ether oxygens (including phenoxy) is 1. The minimum Gasteiger partial charge on any atom is -0.374 e. The van der Waals surface area contributed by atoms with Crippen LogP contribution in [-0.2, 0) is 4.74 Å². The molecule has 3 heteroatoms. The standard InChI is InChI=1S/C9H19NO.ClH/c1-9(2,3)11-7-8-5-4-6-10-8;/h8,10H,4-7H2,1-3H3;1H/t8-;/m1./s1. The number of hydrogen-bond acceptors (Lipinski definition) is 2. The van der Waals surface area contributed by atoms with E-state index in [1.54, 1.807) is 0 Å². The zero-order valence-electron chi connectivity index (χ0n) is 8.22. The molecule has 0 bridgehead atoms. The van der Waals surface area contributed by atoms with Gasteiger partial charge in [0, 0.05) is 6.04 Å². The van der Waals surface area contributed by atoms with Gasteiger partial charge in [-0.15, -0.1) is 12.4 Å². The summed E-state index contributed by atoms with van der Waals surface area (Å²) in [6, 6.07) is 0.606. The normalized spacial score (nSPS) is 23.8. The number of hydrogen-bond donors (Lipinski definition) is 1. The summed E-state index contributed by atoms with van der Waals surface area (Å²) in [5.74, 6) is 0. The van der Waals surface area contributed by atoms with Crippen molar-refractivity contribution >= 4 is 12.4 Å². The molecule has 0 unspecified atom stereocenters. The van der Waals surface area contributed by atoms with Crippen LogP contribution in [0.5, 0.6) is 0 Å². The molecule has 0 spiro atoms. The summed E-state index contributed by atoms with van der Waals surface area (Å²) >= 11 is 0. The molecule has 12 heavy (non-hydrogen) atoms. The van der Waals surface area contributed by atoms with Crippen LogP contribution >= 0.6 is 12.4 Å². The van der Waals surface area contributed by atoms with Gasteiger partial charge in [-0.25, -0.2) is 0 Å². The first kappa shape index (κ1) is 12.2. The molecule has 0 aliphatic carbocycles. The maximum absolute atomic E-state index is 5.65. The lowest BCUT2D eigenvalue weighted by molar-refractivity contribution is -0.0121. The Morgan fingerprint density at radius 3 is 2.50 bits per heavy atom. The van der Waals surface area contributed by atoms with Gasteiger partial charge >= 0.3 is 0 Å². The molecule has 1 heterocycles. The molecular formula is C9H20ClNO. The number of halogens is 1. The average Bonchev–Trinajstić information content (AvgIpc) is 2.32. The minimum atomic E-state index is 0. The van der Waals surface area contributed by atoms with Gasteiger partial charge in [-0.3, -0.25) is 0 Å². The van der Waals surface area contributed by atoms with E-state index in [2.05, 4.69) is 26.1 Å². The molecule has 0 amide bonds. The Balaban J connectivity index is 0.00000121. The van der Waals surface area contributed by atoms with E-state index in [9.17, 15) is 0 Å². The van der Waals surface area contributed by atoms with Crippen LogP contribution < -0.4 is 5.32 Å². The molecule has 0 aromatic rings. The molecule has 0 aromatic carbocycles. The molecule has 74 valence electrons. The van der Waals surface area contributed by atoms with Gasteiger partial charge in [-0.05, 0) is 40.2 Å². The molecule has 0 aromatic heterocycles. The van der Waals surface area contributed by atoms with E-state index in [1.165, 1.54) is 12.8 Å². The van der Waals surface area contributed by atoms with Crippen LogP contribution in [-0.4, -0.2) is 24.8 Å². The second kappa shape index (κ2) is 5.05. The molecule has 0 saturated carbocycles. The van der Waals surface area contributed by atoms with Gasteiger partial charge in [0.1, 0.15) is 0 Å². The van der Waals surface area contributed by atoms with Crippen LogP contribution in [0.25, 0.3) is 0 Å². The highest BCUT2D eigenvalue weighted by atomic mass is 35.5. The Bertz CT molecular complexity index is 116. The molecule has 1 rings (SSSR count). The Morgan fingerprint density at radius 1 is 1.42 bits per heavy atom. The van der Waals surface area contributed by atoms with Crippen molar-refractivity contribution in [1.82, 2.24) is 5.32 Å². The van der Waals surface area contributed by atoms with E-state index < -0.39 is 0 Å². The van der Waals surface area contributed by atoms with E-state index in [0.717, 1.165) is 13.2 Å². The molecule has 2 nitrogen and oxygen atoms in total. The average molecular weight is 194 g/mol. The lowest BCUT2D eigenvalue weighted by Crippen LogP contribution is -2.31. The highest BCUT2D eigenvalue weighted by molar-refractivity contribution is 5.85. The molecule has 1 aliphatic rings. The summed E-state index contributed by atoms with van der Waals surface area (Å²) in [5, 5.41) is 3.40. The van der Waals surface area contributed by atoms with Crippen molar-refractivity contribution in [2.45, 2.75) is 45.3 Å². The number of rotatable bonds is 2. The van der Waals surface area contributed by atoms with E-state index in [4.69, 9.17) is 4.74 Å². The first-order valence-electron chi connectivity index (χ1n) is 4.45. The monoisotopic (exact) mass is 193 g/mol. The third-order valence-corrected chi connectivity index (χ3v) is 1.88. The van der Waals surface area contributed by atoms with Crippen molar-refractivity contribution in [3.05, 3.63) is 0 Å². The first-order chi connectivity index (χ1) is 5.08. The molecule has 1 N–H and O–H groups in total. The quantitative estimate of drug-likeness (QED) is 0.724.